The molecule has 0 aliphatic heterocycles. The van der Waals surface area contributed by atoms with Crippen LogP contribution in [0.1, 0.15) is 26.7 Å². The van der Waals surface area contributed by atoms with Crippen molar-refractivity contribution in [2.75, 3.05) is 18.9 Å². The first-order chi connectivity index (χ1) is 9.18. The third kappa shape index (κ3) is 4.73. The van der Waals surface area contributed by atoms with Crippen molar-refractivity contribution < 1.29 is 17.9 Å². The highest BCUT2D eigenvalue weighted by Crippen LogP contribution is 2.23. The molecule has 20 heavy (non-hydrogen) atoms. The van der Waals surface area contributed by atoms with Gasteiger partial charge in [0.05, 0.1) is 5.69 Å². The molecule has 0 heterocycles. The SMILES string of the molecule is CC(C)(CCCO)CNS(=O)(=O)c1ccc(F)cc1N. The number of halogens is 1. The number of benzene rings is 1. The molecule has 0 unspecified atom stereocenters. The standard InChI is InChI=1S/C13H21FN2O3S/c1-13(2,6-3-7-17)9-16-20(18,19)12-5-4-10(14)8-11(12)15/h4-5,8,16-17H,3,6-7,9,15H2,1-2H3. The molecule has 0 aliphatic carbocycles. The number of hydrogen-bond donors (Lipinski definition) is 3. The lowest BCUT2D eigenvalue weighted by Gasteiger charge is -2.24. The van der Waals surface area contributed by atoms with Crippen molar-refractivity contribution in [1.82, 2.24) is 4.72 Å². The largest absolute Gasteiger partial charge is 0.398 e. The van der Waals surface area contributed by atoms with Gasteiger partial charge in [0.25, 0.3) is 0 Å². The van der Waals surface area contributed by atoms with Crippen LogP contribution in [0.2, 0.25) is 0 Å². The van der Waals surface area contributed by atoms with Gasteiger partial charge in [0, 0.05) is 13.2 Å². The molecule has 0 amide bonds. The second-order valence-electron chi connectivity index (χ2n) is 5.50. The van der Waals surface area contributed by atoms with Gasteiger partial charge in [-0.3, -0.25) is 0 Å². The van der Waals surface area contributed by atoms with Crippen LogP contribution < -0.4 is 10.5 Å². The molecule has 0 saturated carbocycles. The van der Waals surface area contributed by atoms with E-state index < -0.39 is 15.8 Å². The maximum atomic E-state index is 12.9. The number of aliphatic hydroxyl groups excluding tert-OH is 1. The molecule has 0 radical (unpaired) electrons. The molecule has 0 atom stereocenters. The van der Waals surface area contributed by atoms with E-state index in [0.29, 0.717) is 12.8 Å². The van der Waals surface area contributed by atoms with Gasteiger partial charge in [-0.15, -0.1) is 0 Å². The third-order valence-electron chi connectivity index (χ3n) is 3.01. The molecule has 1 aromatic rings. The maximum absolute atomic E-state index is 12.9. The molecule has 114 valence electrons. The minimum Gasteiger partial charge on any atom is -0.398 e. The first kappa shape index (κ1) is 16.9. The smallest absolute Gasteiger partial charge is 0.242 e. The van der Waals surface area contributed by atoms with Crippen molar-refractivity contribution in [3.05, 3.63) is 24.0 Å². The van der Waals surface area contributed by atoms with Crippen molar-refractivity contribution in [2.24, 2.45) is 5.41 Å². The van der Waals surface area contributed by atoms with Crippen molar-refractivity contribution in [1.29, 1.82) is 0 Å². The van der Waals surface area contributed by atoms with Crippen LogP contribution in [-0.2, 0) is 10.0 Å². The average molecular weight is 304 g/mol. The second-order valence-corrected chi connectivity index (χ2v) is 7.23. The van der Waals surface area contributed by atoms with Crippen molar-refractivity contribution >= 4 is 15.7 Å². The van der Waals surface area contributed by atoms with Crippen LogP contribution in [0, 0.1) is 11.2 Å². The Hall–Kier alpha value is -1.18. The number of hydrogen-bond acceptors (Lipinski definition) is 4. The molecule has 0 fully saturated rings. The summed E-state index contributed by atoms with van der Waals surface area (Å²) >= 11 is 0. The fourth-order valence-corrected chi connectivity index (χ4v) is 3.13. The molecule has 0 saturated heterocycles. The zero-order valence-corrected chi connectivity index (χ0v) is 12.5. The van der Waals surface area contributed by atoms with Crippen LogP contribution in [0.5, 0.6) is 0 Å². The van der Waals surface area contributed by atoms with E-state index in [-0.39, 0.29) is 29.1 Å². The molecule has 7 heteroatoms. The molecule has 0 spiro atoms. The zero-order valence-electron chi connectivity index (χ0n) is 11.7. The average Bonchev–Trinajstić information content (AvgIpc) is 2.34. The molecule has 0 bridgehead atoms. The van der Waals surface area contributed by atoms with Gasteiger partial charge in [-0.25, -0.2) is 17.5 Å². The van der Waals surface area contributed by atoms with Gasteiger partial charge >= 0.3 is 0 Å². The number of anilines is 1. The molecule has 0 aromatic heterocycles. The summed E-state index contributed by atoms with van der Waals surface area (Å²) in [6.07, 6.45) is 1.29. The van der Waals surface area contributed by atoms with E-state index in [1.54, 1.807) is 0 Å². The van der Waals surface area contributed by atoms with Crippen LogP contribution in [0.4, 0.5) is 10.1 Å². The zero-order chi connectivity index (χ0) is 15.4. The normalized spacial score (nSPS) is 12.6. The quantitative estimate of drug-likeness (QED) is 0.665. The predicted molar refractivity (Wildman–Crippen MR) is 76.1 cm³/mol. The summed E-state index contributed by atoms with van der Waals surface area (Å²) in [7, 11) is -3.77. The molecular formula is C13H21FN2O3S. The summed E-state index contributed by atoms with van der Waals surface area (Å²) in [6.45, 7) is 4.09. The van der Waals surface area contributed by atoms with Crippen molar-refractivity contribution in [3.63, 3.8) is 0 Å². The molecule has 4 N–H and O–H groups in total. The lowest BCUT2D eigenvalue weighted by Crippen LogP contribution is -2.34. The Morgan fingerprint density at radius 1 is 1.40 bits per heavy atom. The Balaban J connectivity index is 2.80. The first-order valence-electron chi connectivity index (χ1n) is 6.33. The first-order valence-corrected chi connectivity index (χ1v) is 7.82. The minimum atomic E-state index is -3.77. The number of nitrogens with two attached hydrogens (primary N) is 1. The monoisotopic (exact) mass is 304 g/mol. The fraction of sp³-hybridized carbons (Fsp3) is 0.538. The summed E-state index contributed by atoms with van der Waals surface area (Å²) < 4.78 is 39.6. The summed E-state index contributed by atoms with van der Waals surface area (Å²) in [5.74, 6) is -0.579. The van der Waals surface area contributed by atoms with E-state index in [1.807, 2.05) is 13.8 Å². The Morgan fingerprint density at radius 3 is 2.60 bits per heavy atom. The lowest BCUT2D eigenvalue weighted by molar-refractivity contribution is 0.242. The van der Waals surface area contributed by atoms with Crippen LogP contribution in [0.25, 0.3) is 0 Å². The Kier molecular flexibility index (Phi) is 5.50. The molecule has 0 aliphatic rings. The predicted octanol–water partition coefficient (Wildman–Crippen LogP) is 1.48. The van der Waals surface area contributed by atoms with Gasteiger partial charge in [0.1, 0.15) is 10.7 Å². The Morgan fingerprint density at radius 2 is 2.05 bits per heavy atom. The van der Waals surface area contributed by atoms with E-state index in [2.05, 4.69) is 4.72 Å². The fourth-order valence-electron chi connectivity index (χ4n) is 1.78. The number of nitrogens with one attached hydrogen (secondary N) is 1. The lowest BCUT2D eigenvalue weighted by atomic mass is 9.88. The third-order valence-corrected chi connectivity index (χ3v) is 4.49. The van der Waals surface area contributed by atoms with Crippen LogP contribution >= 0.6 is 0 Å². The van der Waals surface area contributed by atoms with E-state index in [4.69, 9.17) is 10.8 Å². The number of sulfonamides is 1. The van der Waals surface area contributed by atoms with Gasteiger partial charge in [-0.2, -0.15) is 0 Å². The maximum Gasteiger partial charge on any atom is 0.242 e. The van der Waals surface area contributed by atoms with Crippen LogP contribution in [0.3, 0.4) is 0 Å². The van der Waals surface area contributed by atoms with Crippen LogP contribution in [0.15, 0.2) is 23.1 Å². The number of aliphatic hydroxyl groups is 1. The highest BCUT2D eigenvalue weighted by molar-refractivity contribution is 7.89. The summed E-state index contributed by atoms with van der Waals surface area (Å²) in [5.41, 5.74) is 5.13. The van der Waals surface area contributed by atoms with E-state index in [0.717, 1.165) is 18.2 Å². The minimum absolute atomic E-state index is 0.0705. The molecule has 1 rings (SSSR count). The summed E-state index contributed by atoms with van der Waals surface area (Å²) in [6, 6.07) is 3.18. The topological polar surface area (TPSA) is 92.4 Å². The van der Waals surface area contributed by atoms with E-state index in [1.165, 1.54) is 0 Å². The summed E-state index contributed by atoms with van der Waals surface area (Å²) in [4.78, 5) is -0.128. The van der Waals surface area contributed by atoms with E-state index in [9.17, 15) is 12.8 Å². The van der Waals surface area contributed by atoms with Crippen molar-refractivity contribution in [3.8, 4) is 0 Å². The molecule has 5 nitrogen and oxygen atoms in total. The van der Waals surface area contributed by atoms with E-state index >= 15 is 0 Å². The Labute approximate surface area is 119 Å². The second kappa shape index (κ2) is 6.51. The highest BCUT2D eigenvalue weighted by Gasteiger charge is 2.23. The van der Waals surface area contributed by atoms with Gasteiger partial charge < -0.3 is 10.8 Å². The van der Waals surface area contributed by atoms with Gasteiger partial charge in [0.2, 0.25) is 10.0 Å². The Bertz CT molecular complexity index is 559. The van der Waals surface area contributed by atoms with Crippen LogP contribution in [-0.4, -0.2) is 26.7 Å². The summed E-state index contributed by atoms with van der Waals surface area (Å²) in [5, 5.41) is 8.81. The van der Waals surface area contributed by atoms with Crippen molar-refractivity contribution in [2.45, 2.75) is 31.6 Å². The van der Waals surface area contributed by atoms with Gasteiger partial charge in [-0.1, -0.05) is 13.8 Å². The molecule has 1 aromatic carbocycles. The van der Waals surface area contributed by atoms with Gasteiger partial charge in [0.15, 0.2) is 0 Å². The number of rotatable bonds is 7. The van der Waals surface area contributed by atoms with Gasteiger partial charge in [-0.05, 0) is 36.5 Å². The number of nitrogen functional groups attached to an aromatic ring is 1. The highest BCUT2D eigenvalue weighted by atomic mass is 32.2. The molecular weight excluding hydrogens is 283 g/mol.